The van der Waals surface area contributed by atoms with E-state index in [9.17, 15) is 9.59 Å². The van der Waals surface area contributed by atoms with Crippen molar-refractivity contribution in [1.29, 1.82) is 0 Å². The monoisotopic (exact) mass is 352 g/mol. The summed E-state index contributed by atoms with van der Waals surface area (Å²) in [6.45, 7) is 4.78. The van der Waals surface area contributed by atoms with Gasteiger partial charge in [0.25, 0.3) is 0 Å². The van der Waals surface area contributed by atoms with Crippen molar-refractivity contribution in [2.75, 3.05) is 11.9 Å². The van der Waals surface area contributed by atoms with Gasteiger partial charge in [0.1, 0.15) is 0 Å². The summed E-state index contributed by atoms with van der Waals surface area (Å²) in [5.41, 5.74) is 1.88. The van der Waals surface area contributed by atoms with Crippen LogP contribution in [0.3, 0.4) is 0 Å². The lowest BCUT2D eigenvalue weighted by atomic mass is 10.2. The second kappa shape index (κ2) is 7.07. The standard InChI is InChI=1S/C16H21BrN2O2/c1-3-4-7-18-15(20)12-9-13(12)16(21)19-11-6-5-10(2)14(17)8-11/h5-6,8,12-13H,3-4,7,9H2,1-2H3,(H,18,20)(H,19,21). The predicted molar refractivity (Wildman–Crippen MR) is 87.0 cm³/mol. The van der Waals surface area contributed by atoms with E-state index in [0.717, 1.165) is 28.6 Å². The minimum Gasteiger partial charge on any atom is -0.356 e. The highest BCUT2D eigenvalue weighted by atomic mass is 79.9. The van der Waals surface area contributed by atoms with Crippen molar-refractivity contribution in [3.63, 3.8) is 0 Å². The third-order valence-corrected chi connectivity index (χ3v) is 4.59. The van der Waals surface area contributed by atoms with Crippen LogP contribution >= 0.6 is 15.9 Å². The van der Waals surface area contributed by atoms with Gasteiger partial charge in [-0.3, -0.25) is 9.59 Å². The second-order valence-corrected chi connectivity index (χ2v) is 6.40. The van der Waals surface area contributed by atoms with Crippen molar-refractivity contribution >= 4 is 33.4 Å². The third kappa shape index (κ3) is 4.30. The number of halogens is 1. The van der Waals surface area contributed by atoms with Gasteiger partial charge < -0.3 is 10.6 Å². The average Bonchev–Trinajstić information content (AvgIpc) is 3.23. The molecule has 1 fully saturated rings. The molecule has 0 radical (unpaired) electrons. The topological polar surface area (TPSA) is 58.2 Å². The van der Waals surface area contributed by atoms with Crippen LogP contribution in [0.4, 0.5) is 5.69 Å². The summed E-state index contributed by atoms with van der Waals surface area (Å²) in [5.74, 6) is -0.405. The molecule has 0 aliphatic heterocycles. The van der Waals surface area contributed by atoms with Crippen LogP contribution in [-0.2, 0) is 9.59 Å². The number of aryl methyl sites for hydroxylation is 1. The Morgan fingerprint density at radius 1 is 1.29 bits per heavy atom. The molecule has 0 saturated heterocycles. The highest BCUT2D eigenvalue weighted by Gasteiger charge is 2.47. The van der Waals surface area contributed by atoms with Gasteiger partial charge in [0.15, 0.2) is 0 Å². The van der Waals surface area contributed by atoms with E-state index < -0.39 is 0 Å². The maximum absolute atomic E-state index is 12.1. The molecule has 1 aliphatic rings. The van der Waals surface area contributed by atoms with Crippen LogP contribution in [0.2, 0.25) is 0 Å². The van der Waals surface area contributed by atoms with Crippen molar-refractivity contribution in [2.24, 2.45) is 11.8 Å². The molecule has 0 heterocycles. The van der Waals surface area contributed by atoms with Crippen molar-refractivity contribution in [3.8, 4) is 0 Å². The lowest BCUT2D eigenvalue weighted by molar-refractivity contribution is -0.125. The molecule has 0 spiro atoms. The van der Waals surface area contributed by atoms with E-state index in [1.165, 1.54) is 0 Å². The highest BCUT2D eigenvalue weighted by molar-refractivity contribution is 9.10. The van der Waals surface area contributed by atoms with Gasteiger partial charge in [0.2, 0.25) is 11.8 Å². The number of carbonyl (C=O) groups is 2. The van der Waals surface area contributed by atoms with Crippen molar-refractivity contribution in [1.82, 2.24) is 5.32 Å². The molecule has 0 aromatic heterocycles. The molecule has 21 heavy (non-hydrogen) atoms. The Morgan fingerprint density at radius 2 is 2.00 bits per heavy atom. The molecule has 1 aromatic carbocycles. The predicted octanol–water partition coefficient (Wildman–Crippen LogP) is 3.25. The molecular formula is C16H21BrN2O2. The Kier molecular flexibility index (Phi) is 5.39. The number of unbranched alkanes of at least 4 members (excludes halogenated alkanes) is 1. The van der Waals surface area contributed by atoms with E-state index in [-0.39, 0.29) is 23.7 Å². The lowest BCUT2D eigenvalue weighted by Crippen LogP contribution is -2.28. The molecule has 2 atom stereocenters. The summed E-state index contributed by atoms with van der Waals surface area (Å²) in [6.07, 6.45) is 2.68. The normalized spacial score (nSPS) is 20.0. The molecule has 1 aromatic rings. The molecule has 5 heteroatoms. The number of amides is 2. The van der Waals surface area contributed by atoms with Crippen molar-refractivity contribution in [3.05, 3.63) is 28.2 Å². The summed E-state index contributed by atoms with van der Waals surface area (Å²) in [5, 5.41) is 5.76. The maximum Gasteiger partial charge on any atom is 0.228 e. The molecular weight excluding hydrogens is 332 g/mol. The average molecular weight is 353 g/mol. The first-order chi connectivity index (χ1) is 10.0. The van der Waals surface area contributed by atoms with E-state index >= 15 is 0 Å². The largest absolute Gasteiger partial charge is 0.356 e. The number of rotatable bonds is 6. The zero-order chi connectivity index (χ0) is 15.4. The van der Waals surface area contributed by atoms with Crippen LogP contribution in [0.5, 0.6) is 0 Å². The fraction of sp³-hybridized carbons (Fsp3) is 0.500. The Morgan fingerprint density at radius 3 is 2.67 bits per heavy atom. The van der Waals surface area contributed by atoms with Crippen LogP contribution in [0.25, 0.3) is 0 Å². The zero-order valence-corrected chi connectivity index (χ0v) is 14.0. The third-order valence-electron chi connectivity index (χ3n) is 3.73. The maximum atomic E-state index is 12.1. The molecule has 4 nitrogen and oxygen atoms in total. The quantitative estimate of drug-likeness (QED) is 0.772. The van der Waals surface area contributed by atoms with Gasteiger partial charge in [-0.25, -0.2) is 0 Å². The Hall–Kier alpha value is -1.36. The number of benzene rings is 1. The van der Waals surface area contributed by atoms with Crippen LogP contribution in [0.1, 0.15) is 31.7 Å². The van der Waals surface area contributed by atoms with Crippen LogP contribution in [0, 0.1) is 18.8 Å². The Balaban J connectivity index is 1.82. The summed E-state index contributed by atoms with van der Waals surface area (Å²) in [4.78, 5) is 24.0. The Labute approximate surface area is 133 Å². The van der Waals surface area contributed by atoms with Crippen LogP contribution in [0.15, 0.2) is 22.7 Å². The first-order valence-corrected chi connectivity index (χ1v) is 8.17. The van der Waals surface area contributed by atoms with Gasteiger partial charge in [-0.05, 0) is 37.5 Å². The summed E-state index contributed by atoms with van der Waals surface area (Å²) in [6, 6.07) is 5.70. The number of carbonyl (C=O) groups excluding carboxylic acids is 2. The molecule has 1 saturated carbocycles. The van der Waals surface area contributed by atoms with Crippen LogP contribution < -0.4 is 10.6 Å². The molecule has 2 amide bonds. The second-order valence-electron chi connectivity index (χ2n) is 5.55. The lowest BCUT2D eigenvalue weighted by Gasteiger charge is -2.07. The first kappa shape index (κ1) is 16.0. The number of hydrogen-bond donors (Lipinski definition) is 2. The van der Waals surface area contributed by atoms with E-state index in [1.54, 1.807) is 0 Å². The molecule has 2 unspecified atom stereocenters. The molecule has 0 bridgehead atoms. The van der Waals surface area contributed by atoms with E-state index in [2.05, 4.69) is 33.5 Å². The van der Waals surface area contributed by atoms with Gasteiger partial charge >= 0.3 is 0 Å². The molecule has 2 rings (SSSR count). The van der Waals surface area contributed by atoms with E-state index in [1.807, 2.05) is 25.1 Å². The van der Waals surface area contributed by atoms with Gasteiger partial charge in [-0.1, -0.05) is 35.3 Å². The van der Waals surface area contributed by atoms with Crippen molar-refractivity contribution in [2.45, 2.75) is 33.1 Å². The zero-order valence-electron chi connectivity index (χ0n) is 12.4. The van der Waals surface area contributed by atoms with Gasteiger partial charge in [-0.15, -0.1) is 0 Å². The summed E-state index contributed by atoms with van der Waals surface area (Å²) in [7, 11) is 0. The number of nitrogens with one attached hydrogen (secondary N) is 2. The van der Waals surface area contributed by atoms with Gasteiger partial charge in [0, 0.05) is 16.7 Å². The minimum atomic E-state index is -0.188. The van der Waals surface area contributed by atoms with Gasteiger partial charge in [0.05, 0.1) is 11.8 Å². The van der Waals surface area contributed by atoms with Crippen molar-refractivity contribution < 1.29 is 9.59 Å². The minimum absolute atomic E-state index is 0.00804. The molecule has 2 N–H and O–H groups in total. The van der Waals surface area contributed by atoms with E-state index in [0.29, 0.717) is 13.0 Å². The summed E-state index contributed by atoms with van der Waals surface area (Å²) >= 11 is 3.44. The van der Waals surface area contributed by atoms with Crippen LogP contribution in [-0.4, -0.2) is 18.4 Å². The van der Waals surface area contributed by atoms with Gasteiger partial charge in [-0.2, -0.15) is 0 Å². The summed E-state index contributed by atoms with van der Waals surface area (Å²) < 4.78 is 0.963. The smallest absolute Gasteiger partial charge is 0.228 e. The van der Waals surface area contributed by atoms with E-state index in [4.69, 9.17) is 0 Å². The molecule has 1 aliphatic carbocycles. The Bertz CT molecular complexity index is 545. The number of hydrogen-bond acceptors (Lipinski definition) is 2. The highest BCUT2D eigenvalue weighted by Crippen LogP contribution is 2.39. The SMILES string of the molecule is CCCCNC(=O)C1CC1C(=O)Nc1ccc(C)c(Br)c1. The molecule has 114 valence electrons. The fourth-order valence-corrected chi connectivity index (χ4v) is 2.58. The fourth-order valence-electron chi connectivity index (χ4n) is 2.20. The first-order valence-electron chi connectivity index (χ1n) is 7.37. The number of anilines is 1.